The fraction of sp³-hybridized carbons (Fsp3) is 0.882. The molecule has 0 aliphatic rings. The van der Waals surface area contributed by atoms with Crippen LogP contribution in [0.2, 0.25) is 0 Å². The number of aryl methyl sites for hydroxylation is 2. The van der Waals surface area contributed by atoms with Crippen LogP contribution in [0.4, 0.5) is 0 Å². The summed E-state index contributed by atoms with van der Waals surface area (Å²) < 4.78 is 0. The Labute approximate surface area is 226 Å². The van der Waals surface area contributed by atoms with E-state index in [-0.39, 0.29) is 0 Å². The van der Waals surface area contributed by atoms with Crippen LogP contribution in [0.1, 0.15) is 192 Å². The highest BCUT2D eigenvalue weighted by Crippen LogP contribution is 2.22. The minimum Gasteiger partial charge on any atom is -0.152 e. The van der Waals surface area contributed by atoms with Gasteiger partial charge in [0.25, 0.3) is 0 Å². The zero-order valence-electron chi connectivity index (χ0n) is 24.4. The lowest BCUT2D eigenvalue weighted by Gasteiger charge is -2.06. The van der Waals surface area contributed by atoms with Crippen LogP contribution in [0.15, 0.2) is 10.8 Å². The molecule has 1 heterocycles. The van der Waals surface area contributed by atoms with Crippen LogP contribution in [0.3, 0.4) is 0 Å². The molecule has 0 saturated carbocycles. The molecule has 0 aliphatic heterocycles. The topological polar surface area (TPSA) is 0 Å². The van der Waals surface area contributed by atoms with Gasteiger partial charge in [-0.3, -0.25) is 0 Å². The summed E-state index contributed by atoms with van der Waals surface area (Å²) in [6, 6.07) is 0. The number of hydrogen-bond donors (Lipinski definition) is 0. The molecule has 0 radical (unpaired) electrons. The van der Waals surface area contributed by atoms with E-state index >= 15 is 0 Å². The van der Waals surface area contributed by atoms with Crippen molar-refractivity contribution in [2.24, 2.45) is 0 Å². The molecule has 0 fully saturated rings. The van der Waals surface area contributed by atoms with Gasteiger partial charge in [0.1, 0.15) is 0 Å². The second kappa shape index (κ2) is 26.8. The summed E-state index contributed by atoms with van der Waals surface area (Å²) in [7, 11) is 0. The van der Waals surface area contributed by atoms with Crippen LogP contribution in [0.25, 0.3) is 0 Å². The van der Waals surface area contributed by atoms with Gasteiger partial charge in [0.05, 0.1) is 0 Å². The molecule has 0 aromatic carbocycles. The first-order chi connectivity index (χ1) is 17.4. The van der Waals surface area contributed by atoms with E-state index in [0.717, 1.165) is 0 Å². The third-order valence-corrected chi connectivity index (χ3v) is 8.77. The first kappa shape index (κ1) is 32.7. The van der Waals surface area contributed by atoms with Gasteiger partial charge in [-0.1, -0.05) is 168 Å². The minimum absolute atomic E-state index is 1.33. The third-order valence-electron chi connectivity index (χ3n) is 7.93. The van der Waals surface area contributed by atoms with Crippen molar-refractivity contribution in [1.29, 1.82) is 0 Å². The van der Waals surface area contributed by atoms with Crippen LogP contribution < -0.4 is 0 Å². The van der Waals surface area contributed by atoms with Gasteiger partial charge >= 0.3 is 0 Å². The molecule has 0 saturated heterocycles. The maximum Gasteiger partial charge on any atom is -0.00584 e. The summed E-state index contributed by atoms with van der Waals surface area (Å²) in [5.74, 6) is 0. The van der Waals surface area contributed by atoms with E-state index in [1.165, 1.54) is 180 Å². The van der Waals surface area contributed by atoms with Gasteiger partial charge in [-0.25, -0.2) is 0 Å². The van der Waals surface area contributed by atoms with Crippen molar-refractivity contribution in [2.45, 2.75) is 194 Å². The predicted octanol–water partition coefficient (Wildman–Crippen LogP) is 13.0. The molecule has 206 valence electrons. The summed E-state index contributed by atoms with van der Waals surface area (Å²) in [6.07, 6.45) is 40.4. The van der Waals surface area contributed by atoms with Crippen LogP contribution in [-0.4, -0.2) is 0 Å². The molecule has 0 bridgehead atoms. The highest BCUT2D eigenvalue weighted by Gasteiger charge is 2.04. The normalized spacial score (nSPS) is 11.5. The summed E-state index contributed by atoms with van der Waals surface area (Å²) in [6.45, 7) is 4.61. The lowest BCUT2D eigenvalue weighted by Crippen LogP contribution is -1.92. The Morgan fingerprint density at radius 3 is 0.829 bits per heavy atom. The van der Waals surface area contributed by atoms with Gasteiger partial charge < -0.3 is 0 Å². The average molecular weight is 505 g/mol. The number of unbranched alkanes of at least 4 members (excludes halogenated alkanes) is 24. The molecule has 0 spiro atoms. The molecular weight excluding hydrogens is 440 g/mol. The Morgan fingerprint density at radius 1 is 0.343 bits per heavy atom. The van der Waals surface area contributed by atoms with E-state index < -0.39 is 0 Å². The van der Waals surface area contributed by atoms with Gasteiger partial charge in [-0.2, -0.15) is 11.3 Å². The van der Waals surface area contributed by atoms with E-state index in [1.807, 2.05) is 11.3 Å². The van der Waals surface area contributed by atoms with E-state index in [1.54, 1.807) is 11.1 Å². The van der Waals surface area contributed by atoms with Crippen LogP contribution in [0, 0.1) is 0 Å². The van der Waals surface area contributed by atoms with Crippen molar-refractivity contribution in [3.05, 3.63) is 21.9 Å². The average Bonchev–Trinajstić information content (AvgIpc) is 3.32. The molecule has 1 heteroatoms. The van der Waals surface area contributed by atoms with Crippen molar-refractivity contribution in [3.63, 3.8) is 0 Å². The fourth-order valence-electron chi connectivity index (χ4n) is 5.46. The zero-order valence-corrected chi connectivity index (χ0v) is 25.2. The Kier molecular flexibility index (Phi) is 25.0. The molecule has 0 unspecified atom stereocenters. The molecule has 0 amide bonds. The summed E-state index contributed by atoms with van der Waals surface area (Å²) in [4.78, 5) is 0. The van der Waals surface area contributed by atoms with Crippen molar-refractivity contribution >= 4 is 11.3 Å². The lowest BCUT2D eigenvalue weighted by atomic mass is 9.99. The zero-order chi connectivity index (χ0) is 25.1. The first-order valence-electron chi connectivity index (χ1n) is 16.4. The molecule has 0 atom stereocenters. The fourth-order valence-corrected chi connectivity index (χ4v) is 6.39. The maximum atomic E-state index is 2.44. The highest BCUT2D eigenvalue weighted by molar-refractivity contribution is 7.08. The van der Waals surface area contributed by atoms with E-state index in [0.29, 0.717) is 0 Å². The largest absolute Gasteiger partial charge is 0.152 e. The quantitative estimate of drug-likeness (QED) is 0.0995. The van der Waals surface area contributed by atoms with Crippen molar-refractivity contribution < 1.29 is 0 Å². The van der Waals surface area contributed by atoms with E-state index in [4.69, 9.17) is 0 Å². The van der Waals surface area contributed by atoms with Crippen molar-refractivity contribution in [3.8, 4) is 0 Å². The van der Waals surface area contributed by atoms with Crippen LogP contribution in [0.5, 0.6) is 0 Å². The van der Waals surface area contributed by atoms with Crippen molar-refractivity contribution in [2.75, 3.05) is 0 Å². The lowest BCUT2D eigenvalue weighted by molar-refractivity contribution is 0.535. The predicted molar refractivity (Wildman–Crippen MR) is 163 cm³/mol. The molecule has 1 rings (SSSR count). The monoisotopic (exact) mass is 504 g/mol. The number of rotatable bonds is 28. The molecule has 0 aliphatic carbocycles. The Morgan fingerprint density at radius 2 is 0.571 bits per heavy atom. The molecule has 0 N–H and O–H groups in total. The number of hydrogen-bond acceptors (Lipinski definition) is 1. The first-order valence-corrected chi connectivity index (χ1v) is 17.4. The Balaban J connectivity index is 1.86. The summed E-state index contributed by atoms with van der Waals surface area (Å²) in [5.41, 5.74) is 3.36. The second-order valence-electron chi connectivity index (χ2n) is 11.4. The van der Waals surface area contributed by atoms with Crippen LogP contribution >= 0.6 is 11.3 Å². The Bertz CT molecular complexity index is 516. The van der Waals surface area contributed by atoms with Crippen LogP contribution in [-0.2, 0) is 12.8 Å². The molecule has 0 nitrogen and oxygen atoms in total. The summed E-state index contributed by atoms with van der Waals surface area (Å²) in [5, 5.41) is 4.88. The summed E-state index contributed by atoms with van der Waals surface area (Å²) >= 11 is 1.94. The molecular formula is C34H64S. The molecule has 35 heavy (non-hydrogen) atoms. The van der Waals surface area contributed by atoms with E-state index in [9.17, 15) is 0 Å². The minimum atomic E-state index is 1.33. The van der Waals surface area contributed by atoms with Crippen molar-refractivity contribution in [1.82, 2.24) is 0 Å². The molecule has 1 aromatic rings. The smallest absolute Gasteiger partial charge is 0.00584 e. The van der Waals surface area contributed by atoms with Gasteiger partial charge in [0.15, 0.2) is 0 Å². The standard InChI is InChI=1S/C34H64S/c1-3-5-7-9-11-13-15-17-18-20-22-24-26-28-30-34-32-35-31-33(34)29-27-25-23-21-19-16-14-12-10-8-6-4-2/h31-32H,3-30H2,1-2H3. The highest BCUT2D eigenvalue weighted by atomic mass is 32.1. The van der Waals surface area contributed by atoms with Gasteiger partial charge in [-0.05, 0) is 47.6 Å². The Hall–Kier alpha value is -0.300. The SMILES string of the molecule is CCCCCCCCCCCCCCCCc1cscc1CCCCCCCCCCCCCC. The second-order valence-corrected chi connectivity index (χ2v) is 12.2. The van der Waals surface area contributed by atoms with Gasteiger partial charge in [0, 0.05) is 0 Å². The van der Waals surface area contributed by atoms with Gasteiger partial charge in [0.2, 0.25) is 0 Å². The van der Waals surface area contributed by atoms with Gasteiger partial charge in [-0.15, -0.1) is 0 Å². The molecule has 1 aromatic heterocycles. The maximum absolute atomic E-state index is 2.44. The number of thiophene rings is 1. The van der Waals surface area contributed by atoms with E-state index in [2.05, 4.69) is 24.6 Å². The third kappa shape index (κ3) is 21.5.